The van der Waals surface area contributed by atoms with E-state index in [-0.39, 0.29) is 5.60 Å². The molecule has 3 rings (SSSR count). The van der Waals surface area contributed by atoms with Crippen molar-refractivity contribution >= 4 is 28.3 Å². The molecule has 0 amide bonds. The molecule has 0 aliphatic carbocycles. The van der Waals surface area contributed by atoms with E-state index < -0.39 is 0 Å². The van der Waals surface area contributed by atoms with Crippen LogP contribution in [0, 0.1) is 3.57 Å². The van der Waals surface area contributed by atoms with E-state index in [1.165, 1.54) is 14.8 Å². The van der Waals surface area contributed by atoms with E-state index in [1.54, 1.807) is 0 Å². The summed E-state index contributed by atoms with van der Waals surface area (Å²) in [5, 5.41) is 3.39. The predicted octanol–water partition coefficient (Wildman–Crippen LogP) is 3.44. The van der Waals surface area contributed by atoms with Crippen LogP contribution in [-0.2, 0) is 6.42 Å². The van der Waals surface area contributed by atoms with Crippen LogP contribution in [0.4, 0.5) is 5.69 Å². The quantitative estimate of drug-likeness (QED) is 0.746. The molecule has 0 radical (unpaired) electrons. The third-order valence-corrected chi connectivity index (χ3v) is 4.45. The second-order valence-electron chi connectivity index (χ2n) is 5.69. The van der Waals surface area contributed by atoms with Crippen LogP contribution in [0.3, 0.4) is 0 Å². The lowest BCUT2D eigenvalue weighted by Gasteiger charge is -2.30. The zero-order chi connectivity index (χ0) is 14.8. The number of hydrogen-bond acceptors (Lipinski definition) is 3. The summed E-state index contributed by atoms with van der Waals surface area (Å²) in [6.07, 6.45) is 1.01. The van der Waals surface area contributed by atoms with Gasteiger partial charge in [-0.05, 0) is 48.1 Å². The molecule has 0 spiro atoms. The minimum absolute atomic E-state index is 0.0481. The molecule has 2 aliphatic heterocycles. The van der Waals surface area contributed by atoms with Crippen LogP contribution >= 0.6 is 22.6 Å². The van der Waals surface area contributed by atoms with Gasteiger partial charge in [0.2, 0.25) is 0 Å². The number of rotatable bonds is 1. The Balaban J connectivity index is 0.000000704. The summed E-state index contributed by atoms with van der Waals surface area (Å²) in [4.78, 5) is 2.45. The Morgan fingerprint density at radius 1 is 1.20 bits per heavy atom. The van der Waals surface area contributed by atoms with E-state index in [1.807, 2.05) is 13.8 Å². The lowest BCUT2D eigenvalue weighted by molar-refractivity contribution is 0.138. The largest absolute Gasteiger partial charge is 0.487 e. The predicted molar refractivity (Wildman–Crippen MR) is 94.0 cm³/mol. The summed E-state index contributed by atoms with van der Waals surface area (Å²) in [6, 6.07) is 4.53. The molecule has 1 fully saturated rings. The second-order valence-corrected chi connectivity index (χ2v) is 6.85. The van der Waals surface area contributed by atoms with Crippen molar-refractivity contribution in [3.63, 3.8) is 0 Å². The fourth-order valence-electron chi connectivity index (χ4n) is 2.76. The van der Waals surface area contributed by atoms with Gasteiger partial charge in [-0.2, -0.15) is 0 Å². The van der Waals surface area contributed by atoms with E-state index in [4.69, 9.17) is 4.74 Å². The summed E-state index contributed by atoms with van der Waals surface area (Å²) < 4.78 is 7.38. The molecular formula is C16H25IN2O. The van der Waals surface area contributed by atoms with Gasteiger partial charge in [-0.1, -0.05) is 13.8 Å². The summed E-state index contributed by atoms with van der Waals surface area (Å²) in [5.41, 5.74) is 2.63. The van der Waals surface area contributed by atoms with Gasteiger partial charge in [0.15, 0.2) is 0 Å². The maximum atomic E-state index is 6.04. The first-order valence-corrected chi connectivity index (χ1v) is 8.60. The van der Waals surface area contributed by atoms with Crippen LogP contribution < -0.4 is 15.0 Å². The standard InChI is InChI=1S/C14H19IN2O.C2H6/c1-14(2)9-10-7-11(15)12(8-13(10)18-14)17-5-3-16-4-6-17;1-2/h7-8,16H,3-6,9H2,1-2H3;1-2H3. The normalized spacial score (nSPS) is 19.8. The van der Waals surface area contributed by atoms with Crippen molar-refractivity contribution in [1.29, 1.82) is 0 Å². The van der Waals surface area contributed by atoms with Gasteiger partial charge in [0.25, 0.3) is 0 Å². The number of nitrogens with one attached hydrogen (secondary N) is 1. The molecule has 20 heavy (non-hydrogen) atoms. The Bertz CT molecular complexity index is 468. The molecule has 1 N–H and O–H groups in total. The lowest BCUT2D eigenvalue weighted by Crippen LogP contribution is -2.43. The molecule has 0 bridgehead atoms. The number of ether oxygens (including phenoxy) is 1. The van der Waals surface area contributed by atoms with Gasteiger partial charge in [0, 0.05) is 42.2 Å². The van der Waals surface area contributed by atoms with Gasteiger partial charge in [-0.25, -0.2) is 0 Å². The zero-order valence-electron chi connectivity index (χ0n) is 12.9. The lowest BCUT2D eigenvalue weighted by atomic mass is 10.0. The van der Waals surface area contributed by atoms with Crippen LogP contribution in [0.2, 0.25) is 0 Å². The van der Waals surface area contributed by atoms with Crippen molar-refractivity contribution in [3.8, 4) is 5.75 Å². The number of hydrogen-bond donors (Lipinski definition) is 1. The van der Waals surface area contributed by atoms with Crippen LogP contribution in [0.15, 0.2) is 12.1 Å². The van der Waals surface area contributed by atoms with E-state index >= 15 is 0 Å². The molecule has 0 saturated carbocycles. The van der Waals surface area contributed by atoms with Gasteiger partial charge in [0.05, 0.1) is 5.69 Å². The van der Waals surface area contributed by atoms with Crippen molar-refractivity contribution < 1.29 is 4.74 Å². The molecule has 1 aromatic rings. The molecule has 2 heterocycles. The maximum Gasteiger partial charge on any atom is 0.125 e. The number of benzene rings is 1. The monoisotopic (exact) mass is 388 g/mol. The Morgan fingerprint density at radius 2 is 1.85 bits per heavy atom. The number of piperazine rings is 1. The molecule has 1 aromatic carbocycles. The fourth-order valence-corrected chi connectivity index (χ4v) is 3.63. The second kappa shape index (κ2) is 6.52. The number of halogens is 1. The zero-order valence-corrected chi connectivity index (χ0v) is 15.1. The highest BCUT2D eigenvalue weighted by molar-refractivity contribution is 14.1. The van der Waals surface area contributed by atoms with Crippen molar-refractivity contribution in [2.75, 3.05) is 31.1 Å². The topological polar surface area (TPSA) is 24.5 Å². The van der Waals surface area contributed by atoms with Crippen molar-refractivity contribution in [2.24, 2.45) is 0 Å². The Kier molecular flexibility index (Phi) is 5.18. The molecular weight excluding hydrogens is 363 g/mol. The molecule has 112 valence electrons. The van der Waals surface area contributed by atoms with Crippen molar-refractivity contribution in [1.82, 2.24) is 5.32 Å². The third kappa shape index (κ3) is 3.39. The SMILES string of the molecule is CC.CC1(C)Cc2cc(I)c(N3CCNCC3)cc2O1. The van der Waals surface area contributed by atoms with E-state index in [0.29, 0.717) is 0 Å². The highest BCUT2D eigenvalue weighted by Crippen LogP contribution is 2.39. The van der Waals surface area contributed by atoms with Crippen molar-refractivity contribution in [3.05, 3.63) is 21.3 Å². The smallest absolute Gasteiger partial charge is 0.125 e. The van der Waals surface area contributed by atoms with Gasteiger partial charge in [-0.3, -0.25) is 0 Å². The average molecular weight is 388 g/mol. The highest BCUT2D eigenvalue weighted by Gasteiger charge is 2.31. The minimum atomic E-state index is -0.0481. The van der Waals surface area contributed by atoms with Gasteiger partial charge < -0.3 is 15.0 Å². The average Bonchev–Trinajstić information content (AvgIpc) is 2.74. The summed E-state index contributed by atoms with van der Waals surface area (Å²) in [5.74, 6) is 1.08. The highest BCUT2D eigenvalue weighted by atomic mass is 127. The molecule has 2 aliphatic rings. The number of nitrogens with zero attached hydrogens (tertiary/aromatic N) is 1. The molecule has 0 aromatic heterocycles. The van der Waals surface area contributed by atoms with E-state index in [2.05, 4.69) is 58.8 Å². The fraction of sp³-hybridized carbons (Fsp3) is 0.625. The third-order valence-electron chi connectivity index (χ3n) is 3.59. The molecule has 0 unspecified atom stereocenters. The first-order valence-electron chi connectivity index (χ1n) is 7.52. The van der Waals surface area contributed by atoms with Crippen LogP contribution in [-0.4, -0.2) is 31.8 Å². The number of anilines is 1. The van der Waals surface area contributed by atoms with Gasteiger partial charge >= 0.3 is 0 Å². The Labute approximate surface area is 136 Å². The van der Waals surface area contributed by atoms with Gasteiger partial charge in [-0.15, -0.1) is 0 Å². The summed E-state index contributed by atoms with van der Waals surface area (Å²) in [6.45, 7) is 12.6. The maximum absolute atomic E-state index is 6.04. The van der Waals surface area contributed by atoms with Crippen LogP contribution in [0.25, 0.3) is 0 Å². The van der Waals surface area contributed by atoms with Gasteiger partial charge in [0.1, 0.15) is 11.4 Å². The van der Waals surface area contributed by atoms with E-state index in [0.717, 1.165) is 38.3 Å². The Morgan fingerprint density at radius 3 is 2.50 bits per heavy atom. The molecule has 4 heteroatoms. The first-order chi connectivity index (χ1) is 9.55. The summed E-state index contributed by atoms with van der Waals surface area (Å²) >= 11 is 2.45. The molecule has 1 saturated heterocycles. The first kappa shape index (κ1) is 15.9. The number of fused-ring (bicyclic) bond motifs is 1. The van der Waals surface area contributed by atoms with E-state index in [9.17, 15) is 0 Å². The molecule has 0 atom stereocenters. The minimum Gasteiger partial charge on any atom is -0.487 e. The van der Waals surface area contributed by atoms with Crippen LogP contribution in [0.1, 0.15) is 33.3 Å². The van der Waals surface area contributed by atoms with Crippen molar-refractivity contribution in [2.45, 2.75) is 39.7 Å². The summed E-state index contributed by atoms with van der Waals surface area (Å²) in [7, 11) is 0. The van der Waals surface area contributed by atoms with Crippen LogP contribution in [0.5, 0.6) is 5.75 Å². The Hall–Kier alpha value is -0.490. The molecule has 3 nitrogen and oxygen atoms in total.